The van der Waals surface area contributed by atoms with Gasteiger partial charge < -0.3 is 19.6 Å². The molecule has 0 aromatic carbocycles. The molecule has 0 radical (unpaired) electrons. The summed E-state index contributed by atoms with van der Waals surface area (Å²) in [5.41, 5.74) is 0. The fourth-order valence-electron chi connectivity index (χ4n) is 0.655. The van der Waals surface area contributed by atoms with Crippen LogP contribution in [0.15, 0.2) is 25.3 Å². The van der Waals surface area contributed by atoms with Crippen LogP contribution in [0.5, 0.6) is 0 Å². The molecule has 0 unspecified atom stereocenters. The molecule has 0 bridgehead atoms. The second-order valence-electron chi connectivity index (χ2n) is 3.32. The summed E-state index contributed by atoms with van der Waals surface area (Å²) in [4.78, 5) is 31.0. The molecule has 0 fully saturated rings. The minimum atomic E-state index is -5.05. The Morgan fingerprint density at radius 3 is 0.828 bits per heavy atom. The highest BCUT2D eigenvalue weighted by Crippen LogP contribution is 2.53. The molecular formula is C4H12N16O7P2. The van der Waals surface area contributed by atoms with Crippen molar-refractivity contribution in [3.63, 3.8) is 0 Å². The number of aromatic amines is 4. The number of tetrazole rings is 4. The van der Waals surface area contributed by atoms with Crippen LogP contribution in [0.25, 0.3) is 0 Å². The Bertz CT molecular complexity index is 646. The standard InChI is InChI=1S/4CH2N4.H4O7P2/c4*1-2-4-5-3-1;1-8(2,3)7-9(4,5)6/h4*1H,(H,2,3,4,5);(H2,1,2,3)(H2,4,5,6). The van der Waals surface area contributed by atoms with Crippen LogP contribution in [0, 0.1) is 0 Å². The summed E-state index contributed by atoms with van der Waals surface area (Å²) in [5, 5.41) is 48.4. The van der Waals surface area contributed by atoms with E-state index in [0.717, 1.165) is 0 Å². The lowest BCUT2D eigenvalue weighted by molar-refractivity contribution is 0.225. The van der Waals surface area contributed by atoms with Crippen LogP contribution in [0.1, 0.15) is 0 Å². The smallest absolute Gasteiger partial charge is 0.302 e. The van der Waals surface area contributed by atoms with Gasteiger partial charge in [-0.1, -0.05) is 0 Å². The average molecular weight is 458 g/mol. The average Bonchev–Trinajstić information content (AvgIpc) is 3.51. The largest absolute Gasteiger partial charge is 0.478 e. The number of rotatable bonds is 2. The van der Waals surface area contributed by atoms with Gasteiger partial charge in [0.2, 0.25) is 0 Å². The van der Waals surface area contributed by atoms with Gasteiger partial charge in [-0.05, 0) is 41.7 Å². The Kier molecular flexibility index (Phi) is 13.7. The third kappa shape index (κ3) is 24.5. The molecule has 8 N–H and O–H groups in total. The maximum atomic E-state index is 9.63. The zero-order chi connectivity index (χ0) is 21.8. The lowest BCUT2D eigenvalue weighted by Gasteiger charge is -2.03. The van der Waals surface area contributed by atoms with Gasteiger partial charge in [0.05, 0.1) is 0 Å². The Labute approximate surface area is 157 Å². The molecule has 4 aromatic rings. The van der Waals surface area contributed by atoms with Crippen molar-refractivity contribution in [1.29, 1.82) is 0 Å². The highest BCUT2D eigenvalue weighted by atomic mass is 31.3. The first kappa shape index (κ1) is 25.5. The van der Waals surface area contributed by atoms with Crippen molar-refractivity contribution >= 4 is 15.6 Å². The summed E-state index contributed by atoms with van der Waals surface area (Å²) in [6.45, 7) is 0. The van der Waals surface area contributed by atoms with E-state index in [-0.39, 0.29) is 0 Å². The number of nitrogens with zero attached hydrogens (tertiary/aromatic N) is 12. The Balaban J connectivity index is 0.000000345. The molecule has 0 aliphatic heterocycles. The minimum absolute atomic E-state index is 1.40. The molecule has 4 rings (SSSR count). The quantitative estimate of drug-likeness (QED) is 0.132. The third-order valence-corrected chi connectivity index (χ3v) is 2.99. The predicted octanol–water partition coefficient (Wildman–Crippen LogP) is -4.01. The maximum absolute atomic E-state index is 9.63. The van der Waals surface area contributed by atoms with Crippen molar-refractivity contribution in [3.8, 4) is 0 Å². The topological polar surface area (TPSA) is 342 Å². The first-order valence-corrected chi connectivity index (χ1v) is 9.27. The predicted molar refractivity (Wildman–Crippen MR) is 81.9 cm³/mol. The van der Waals surface area contributed by atoms with Gasteiger partial charge in [-0.25, -0.2) is 29.5 Å². The molecular weight excluding hydrogens is 446 g/mol. The maximum Gasteiger partial charge on any atom is 0.478 e. The number of phosphoric acid groups is 2. The monoisotopic (exact) mass is 458 g/mol. The van der Waals surface area contributed by atoms with Crippen molar-refractivity contribution in [1.82, 2.24) is 82.5 Å². The molecule has 0 saturated heterocycles. The second-order valence-corrected chi connectivity index (χ2v) is 5.93. The number of hydrogen-bond donors (Lipinski definition) is 8. The minimum Gasteiger partial charge on any atom is -0.302 e. The molecule has 25 heteroatoms. The van der Waals surface area contributed by atoms with Crippen molar-refractivity contribution in [2.75, 3.05) is 0 Å². The summed E-state index contributed by atoms with van der Waals surface area (Å²) in [6, 6.07) is 0. The lowest BCUT2D eigenvalue weighted by Crippen LogP contribution is -1.84. The Morgan fingerprint density at radius 2 is 0.793 bits per heavy atom. The van der Waals surface area contributed by atoms with Crippen LogP contribution in [0.2, 0.25) is 0 Å². The fourth-order valence-corrected chi connectivity index (χ4v) is 1.76. The van der Waals surface area contributed by atoms with E-state index in [1.807, 2.05) is 0 Å². The van der Waals surface area contributed by atoms with E-state index in [1.165, 1.54) is 25.3 Å². The normalized spacial score (nSPS) is 9.79. The second kappa shape index (κ2) is 15.6. The lowest BCUT2D eigenvalue weighted by atomic mass is 11.4. The number of aromatic nitrogens is 16. The van der Waals surface area contributed by atoms with Crippen molar-refractivity contribution in [3.05, 3.63) is 25.3 Å². The van der Waals surface area contributed by atoms with Gasteiger partial charge in [0, 0.05) is 0 Å². The van der Waals surface area contributed by atoms with Crippen LogP contribution < -0.4 is 0 Å². The van der Waals surface area contributed by atoms with Gasteiger partial charge in [0.1, 0.15) is 25.3 Å². The van der Waals surface area contributed by atoms with Crippen LogP contribution in [-0.4, -0.2) is 102 Å². The van der Waals surface area contributed by atoms with E-state index >= 15 is 0 Å². The summed E-state index contributed by atoms with van der Waals surface area (Å²) >= 11 is 0. The van der Waals surface area contributed by atoms with Crippen LogP contribution in [-0.2, 0) is 13.4 Å². The first-order valence-electron chi connectivity index (χ1n) is 6.21. The van der Waals surface area contributed by atoms with Gasteiger partial charge in [-0.15, -0.1) is 20.4 Å². The number of hydrogen-bond acceptors (Lipinski definition) is 15. The first-order chi connectivity index (χ1) is 13.7. The summed E-state index contributed by atoms with van der Waals surface area (Å²) < 4.78 is 22.2. The zero-order valence-electron chi connectivity index (χ0n) is 13.6. The molecule has 4 aromatic heterocycles. The van der Waals surface area contributed by atoms with Gasteiger partial charge >= 0.3 is 15.6 Å². The molecule has 0 aliphatic rings. The summed E-state index contributed by atoms with van der Waals surface area (Å²) in [5.74, 6) is 0. The van der Waals surface area contributed by atoms with Crippen molar-refractivity contribution in [2.24, 2.45) is 0 Å². The van der Waals surface area contributed by atoms with E-state index < -0.39 is 15.6 Å². The van der Waals surface area contributed by atoms with Gasteiger partial charge in [-0.2, -0.15) is 4.31 Å². The Morgan fingerprint density at radius 1 is 0.552 bits per heavy atom. The van der Waals surface area contributed by atoms with Gasteiger partial charge in [0.25, 0.3) is 0 Å². The van der Waals surface area contributed by atoms with E-state index in [2.05, 4.69) is 86.8 Å². The number of H-pyrrole nitrogens is 4. The molecule has 4 heterocycles. The molecule has 0 atom stereocenters. The summed E-state index contributed by atoms with van der Waals surface area (Å²) in [6.07, 6.45) is 5.61. The van der Waals surface area contributed by atoms with E-state index in [9.17, 15) is 9.13 Å². The molecule has 0 amide bonds. The van der Waals surface area contributed by atoms with Crippen molar-refractivity contribution < 1.29 is 33.0 Å². The SMILES string of the molecule is O=P(O)(O)OP(=O)(O)O.c1nnn[nH]1.c1nnn[nH]1.c1nnn[nH]1.c1nnn[nH]1. The molecule has 0 aliphatic carbocycles. The van der Waals surface area contributed by atoms with E-state index in [1.54, 1.807) is 0 Å². The van der Waals surface area contributed by atoms with Crippen molar-refractivity contribution in [2.45, 2.75) is 0 Å². The van der Waals surface area contributed by atoms with Gasteiger partial charge in [0.15, 0.2) is 0 Å². The van der Waals surface area contributed by atoms with Gasteiger partial charge in [-0.3, -0.25) is 0 Å². The molecule has 0 saturated carbocycles. The van der Waals surface area contributed by atoms with E-state index in [0.29, 0.717) is 0 Å². The highest BCUT2D eigenvalue weighted by Gasteiger charge is 2.27. The van der Waals surface area contributed by atoms with E-state index in [4.69, 9.17) is 19.6 Å². The Hall–Kier alpha value is -3.46. The zero-order valence-corrected chi connectivity index (χ0v) is 15.4. The fraction of sp³-hybridized carbons (Fsp3) is 0. The molecule has 0 spiro atoms. The highest BCUT2D eigenvalue weighted by molar-refractivity contribution is 7.60. The molecule has 160 valence electrons. The summed E-state index contributed by atoms with van der Waals surface area (Å²) in [7, 11) is -10.1. The van der Waals surface area contributed by atoms with Crippen LogP contribution in [0.3, 0.4) is 0 Å². The third-order valence-electron chi connectivity index (χ3n) is 1.29. The van der Waals surface area contributed by atoms with Crippen LogP contribution in [0.4, 0.5) is 0 Å². The van der Waals surface area contributed by atoms with Crippen LogP contribution >= 0.6 is 15.6 Å². The molecule has 23 nitrogen and oxygen atoms in total. The number of nitrogens with one attached hydrogen (secondary N) is 4. The molecule has 29 heavy (non-hydrogen) atoms.